The third-order valence-corrected chi connectivity index (χ3v) is 1.74. The first-order valence-corrected chi connectivity index (χ1v) is 5.01. The van der Waals surface area contributed by atoms with E-state index >= 15 is 0 Å². The van der Waals surface area contributed by atoms with E-state index in [1.807, 2.05) is 0 Å². The van der Waals surface area contributed by atoms with Crippen LogP contribution < -0.4 is 0 Å². The zero-order valence-electron chi connectivity index (χ0n) is 8.91. The van der Waals surface area contributed by atoms with Crippen molar-refractivity contribution in [2.24, 2.45) is 0 Å². The fraction of sp³-hybridized carbons (Fsp3) is 0.636. The summed E-state index contributed by atoms with van der Waals surface area (Å²) in [6.45, 7) is 3.72. The smallest absolute Gasteiger partial charge is 0.330 e. The molecule has 0 amide bonds. The van der Waals surface area contributed by atoms with Gasteiger partial charge in [-0.25, -0.2) is 4.79 Å². The lowest BCUT2D eigenvalue weighted by Gasteiger charge is -2.00. The zero-order chi connectivity index (χ0) is 10.8. The largest absolute Gasteiger partial charge is 0.455 e. The van der Waals surface area contributed by atoms with Crippen LogP contribution in [0.2, 0.25) is 0 Å². The van der Waals surface area contributed by atoms with Crippen molar-refractivity contribution in [1.82, 2.24) is 0 Å². The summed E-state index contributed by atoms with van der Waals surface area (Å²) in [5.74, 6) is -0.451. The number of carbonyl (C=O) groups excluding carboxylic acids is 2. The number of hydrogen-bond donors (Lipinski definition) is 0. The van der Waals surface area contributed by atoms with Gasteiger partial charge in [0, 0.05) is 12.5 Å². The van der Waals surface area contributed by atoms with Gasteiger partial charge in [0.25, 0.3) is 0 Å². The van der Waals surface area contributed by atoms with Gasteiger partial charge < -0.3 is 4.74 Å². The molecular formula is C11H18O3. The Morgan fingerprint density at radius 1 is 1.29 bits per heavy atom. The van der Waals surface area contributed by atoms with E-state index in [1.165, 1.54) is 6.08 Å². The SMILES string of the molecule is C/C=C/C(=O)OCC(=O)CCCCC. The van der Waals surface area contributed by atoms with Crippen LogP contribution in [-0.4, -0.2) is 18.4 Å². The van der Waals surface area contributed by atoms with Crippen LogP contribution >= 0.6 is 0 Å². The molecule has 0 aliphatic rings. The van der Waals surface area contributed by atoms with E-state index < -0.39 is 5.97 Å². The van der Waals surface area contributed by atoms with Gasteiger partial charge in [-0.3, -0.25) is 4.79 Å². The molecule has 0 atom stereocenters. The first-order valence-electron chi connectivity index (χ1n) is 5.01. The summed E-state index contributed by atoms with van der Waals surface area (Å²) >= 11 is 0. The summed E-state index contributed by atoms with van der Waals surface area (Å²) in [5.41, 5.74) is 0. The molecule has 0 unspecified atom stereocenters. The average molecular weight is 198 g/mol. The Morgan fingerprint density at radius 3 is 2.57 bits per heavy atom. The molecule has 0 aliphatic carbocycles. The van der Waals surface area contributed by atoms with Crippen LogP contribution in [0.25, 0.3) is 0 Å². The summed E-state index contributed by atoms with van der Waals surface area (Å²) in [6.07, 6.45) is 6.43. The number of allylic oxidation sites excluding steroid dienone is 1. The molecule has 0 aromatic heterocycles. The number of ether oxygens (including phenoxy) is 1. The number of Topliss-reactive ketones (excluding diaryl/α,β-unsaturated/α-hetero) is 1. The molecule has 0 saturated heterocycles. The van der Waals surface area contributed by atoms with Crippen LogP contribution in [0.3, 0.4) is 0 Å². The number of esters is 1. The fourth-order valence-corrected chi connectivity index (χ4v) is 0.980. The van der Waals surface area contributed by atoms with E-state index in [9.17, 15) is 9.59 Å². The van der Waals surface area contributed by atoms with E-state index in [1.54, 1.807) is 13.0 Å². The Bertz CT molecular complexity index is 207. The van der Waals surface area contributed by atoms with Gasteiger partial charge in [-0.15, -0.1) is 0 Å². The topological polar surface area (TPSA) is 43.4 Å². The minimum absolute atomic E-state index is 0.00342. The van der Waals surface area contributed by atoms with Crippen molar-refractivity contribution in [2.75, 3.05) is 6.61 Å². The Morgan fingerprint density at radius 2 is 2.00 bits per heavy atom. The highest BCUT2D eigenvalue weighted by Crippen LogP contribution is 1.99. The number of carbonyl (C=O) groups is 2. The van der Waals surface area contributed by atoms with Gasteiger partial charge in [0.1, 0.15) is 6.61 Å². The van der Waals surface area contributed by atoms with E-state index in [0.29, 0.717) is 6.42 Å². The lowest BCUT2D eigenvalue weighted by Crippen LogP contribution is -2.11. The van der Waals surface area contributed by atoms with Gasteiger partial charge in [0.15, 0.2) is 5.78 Å². The van der Waals surface area contributed by atoms with Crippen LogP contribution in [0.5, 0.6) is 0 Å². The van der Waals surface area contributed by atoms with Crippen LogP contribution in [0.1, 0.15) is 39.5 Å². The van der Waals surface area contributed by atoms with Crippen molar-refractivity contribution in [3.8, 4) is 0 Å². The second-order valence-electron chi connectivity index (χ2n) is 3.10. The molecule has 0 heterocycles. The van der Waals surface area contributed by atoms with Crippen molar-refractivity contribution in [1.29, 1.82) is 0 Å². The maximum atomic E-state index is 11.1. The number of ketones is 1. The maximum absolute atomic E-state index is 11.1. The molecule has 0 saturated carbocycles. The molecule has 0 aromatic rings. The molecule has 80 valence electrons. The third kappa shape index (κ3) is 7.53. The van der Waals surface area contributed by atoms with Gasteiger partial charge >= 0.3 is 5.97 Å². The molecule has 0 fully saturated rings. The normalized spacial score (nSPS) is 10.4. The zero-order valence-corrected chi connectivity index (χ0v) is 8.91. The lowest BCUT2D eigenvalue weighted by molar-refractivity contribution is -0.143. The van der Waals surface area contributed by atoms with Crippen molar-refractivity contribution in [2.45, 2.75) is 39.5 Å². The third-order valence-electron chi connectivity index (χ3n) is 1.74. The number of rotatable bonds is 7. The molecule has 3 heteroatoms. The monoisotopic (exact) mass is 198 g/mol. The first-order chi connectivity index (χ1) is 6.70. The molecule has 0 spiro atoms. The second-order valence-corrected chi connectivity index (χ2v) is 3.10. The Kier molecular flexibility index (Phi) is 7.80. The fourth-order valence-electron chi connectivity index (χ4n) is 0.980. The Hall–Kier alpha value is -1.12. The standard InChI is InChI=1S/C11H18O3/c1-3-5-6-8-10(12)9-14-11(13)7-4-2/h4,7H,3,5-6,8-9H2,1-2H3/b7-4+. The molecule has 14 heavy (non-hydrogen) atoms. The predicted octanol–water partition coefficient (Wildman–Crippen LogP) is 2.26. The molecular weight excluding hydrogens is 180 g/mol. The van der Waals surface area contributed by atoms with Gasteiger partial charge in [-0.05, 0) is 13.3 Å². The van der Waals surface area contributed by atoms with Gasteiger partial charge in [0.05, 0.1) is 0 Å². The molecule has 0 N–H and O–H groups in total. The van der Waals surface area contributed by atoms with E-state index in [0.717, 1.165) is 19.3 Å². The summed E-state index contributed by atoms with van der Waals surface area (Å²) in [6, 6.07) is 0. The summed E-state index contributed by atoms with van der Waals surface area (Å²) in [4.78, 5) is 21.9. The van der Waals surface area contributed by atoms with Gasteiger partial charge in [-0.2, -0.15) is 0 Å². The molecule has 0 aliphatic heterocycles. The molecule has 3 nitrogen and oxygen atoms in total. The lowest BCUT2D eigenvalue weighted by atomic mass is 10.1. The van der Waals surface area contributed by atoms with Crippen LogP contribution in [0, 0.1) is 0 Å². The number of hydrogen-bond acceptors (Lipinski definition) is 3. The van der Waals surface area contributed by atoms with Crippen LogP contribution in [-0.2, 0) is 14.3 Å². The average Bonchev–Trinajstić information content (AvgIpc) is 2.16. The minimum atomic E-state index is -0.448. The van der Waals surface area contributed by atoms with Crippen molar-refractivity contribution in [3.63, 3.8) is 0 Å². The summed E-state index contributed by atoms with van der Waals surface area (Å²) < 4.78 is 4.70. The number of unbranched alkanes of at least 4 members (excludes halogenated alkanes) is 2. The van der Waals surface area contributed by atoms with Crippen LogP contribution in [0.4, 0.5) is 0 Å². The molecule has 0 radical (unpaired) electrons. The van der Waals surface area contributed by atoms with Crippen LogP contribution in [0.15, 0.2) is 12.2 Å². The van der Waals surface area contributed by atoms with E-state index in [-0.39, 0.29) is 12.4 Å². The minimum Gasteiger partial charge on any atom is -0.455 e. The second kappa shape index (κ2) is 8.48. The Labute approximate surface area is 85.1 Å². The van der Waals surface area contributed by atoms with E-state index in [4.69, 9.17) is 4.74 Å². The quantitative estimate of drug-likeness (QED) is 0.358. The highest BCUT2D eigenvalue weighted by molar-refractivity contribution is 5.86. The molecule has 0 bridgehead atoms. The van der Waals surface area contributed by atoms with Gasteiger partial charge in [0.2, 0.25) is 0 Å². The van der Waals surface area contributed by atoms with Gasteiger partial charge in [-0.1, -0.05) is 25.8 Å². The Balaban J connectivity index is 3.48. The predicted molar refractivity (Wildman–Crippen MR) is 54.9 cm³/mol. The summed E-state index contributed by atoms with van der Waals surface area (Å²) in [7, 11) is 0. The highest BCUT2D eigenvalue weighted by Gasteiger charge is 2.04. The maximum Gasteiger partial charge on any atom is 0.330 e. The highest BCUT2D eigenvalue weighted by atomic mass is 16.5. The van der Waals surface area contributed by atoms with Crippen molar-refractivity contribution < 1.29 is 14.3 Å². The van der Waals surface area contributed by atoms with Crippen molar-refractivity contribution in [3.05, 3.63) is 12.2 Å². The first kappa shape index (κ1) is 12.9. The molecule has 0 rings (SSSR count). The van der Waals surface area contributed by atoms with Crippen molar-refractivity contribution >= 4 is 11.8 Å². The molecule has 0 aromatic carbocycles. The van der Waals surface area contributed by atoms with E-state index in [2.05, 4.69) is 6.92 Å². The summed E-state index contributed by atoms with van der Waals surface area (Å²) in [5, 5.41) is 0.